The van der Waals surface area contributed by atoms with Crippen LogP contribution in [0.25, 0.3) is 16.7 Å². The van der Waals surface area contributed by atoms with E-state index in [1.807, 2.05) is 0 Å². The monoisotopic (exact) mass is 648 g/mol. The number of halogens is 3. The van der Waals surface area contributed by atoms with E-state index in [0.29, 0.717) is 11.0 Å². The van der Waals surface area contributed by atoms with E-state index in [-0.39, 0.29) is 16.9 Å². The minimum absolute atomic E-state index is 0.163. The van der Waals surface area contributed by atoms with Crippen molar-refractivity contribution in [3.8, 4) is 0 Å². The fourth-order valence-corrected chi connectivity index (χ4v) is 6.05. The van der Waals surface area contributed by atoms with Gasteiger partial charge in [0, 0.05) is 11.8 Å². The summed E-state index contributed by atoms with van der Waals surface area (Å²) < 4.78 is 81.9. The molecule has 1 aromatic heterocycles. The first-order chi connectivity index (χ1) is 20.4. The SMILES string of the molecule is [C-]#[N+]c1ccc(/C(F)=C/c2cc(F)c(F)c([C@]3(C)CS(=O)(=O)C(C)(C)C(N(C(=O)OC(C)(C)C)C(=O)OC(C)(C)C)=N3)c2)nc1. The topological polar surface area (TPSA) is 120 Å². The van der Waals surface area contributed by atoms with Gasteiger partial charge in [0.15, 0.2) is 21.5 Å². The average Bonchev–Trinajstić information content (AvgIpc) is 2.87. The third-order valence-electron chi connectivity index (χ3n) is 6.55. The summed E-state index contributed by atoms with van der Waals surface area (Å²) in [6, 6.07) is 4.28. The molecule has 1 aliphatic rings. The lowest BCUT2D eigenvalue weighted by atomic mass is 9.91. The molecule has 3 rings (SSSR count). The number of aromatic nitrogens is 1. The fraction of sp³-hybridized carbons (Fsp3) is 0.452. The van der Waals surface area contributed by atoms with Crippen molar-refractivity contribution in [2.75, 3.05) is 5.75 Å². The number of carbonyl (C=O) groups excluding carboxylic acids is 2. The van der Waals surface area contributed by atoms with Crippen LogP contribution in [0.5, 0.6) is 0 Å². The standard InChI is InChI=1S/C31H35F3N4O6S/c1-28(2,3)43-26(39)38(27(40)44-29(4,5)6)25-30(7,8)45(41,42)17-31(9,37-25)20-13-18(15-22(33)24(20)34)14-21(32)23-12-11-19(35-10)16-36-23/h11-16H,17H2,1-9H3/b21-14-/t31-/m0/s1. The Kier molecular flexibility index (Phi) is 9.34. The van der Waals surface area contributed by atoms with Gasteiger partial charge < -0.3 is 9.47 Å². The van der Waals surface area contributed by atoms with Crippen LogP contribution in [0, 0.1) is 18.2 Å². The maximum atomic E-state index is 15.5. The largest absolute Gasteiger partial charge is 0.443 e. The van der Waals surface area contributed by atoms with Crippen molar-refractivity contribution in [1.82, 2.24) is 9.88 Å². The van der Waals surface area contributed by atoms with Gasteiger partial charge >= 0.3 is 12.2 Å². The van der Waals surface area contributed by atoms with Crippen LogP contribution in [-0.4, -0.2) is 58.0 Å². The van der Waals surface area contributed by atoms with Crippen LogP contribution in [0.1, 0.15) is 79.1 Å². The number of hydrogen-bond donors (Lipinski definition) is 0. The summed E-state index contributed by atoms with van der Waals surface area (Å²) in [7, 11) is -4.38. The summed E-state index contributed by atoms with van der Waals surface area (Å²) in [6.45, 7) is 19.8. The average molecular weight is 649 g/mol. The normalized spacial score (nSPS) is 19.6. The first-order valence-electron chi connectivity index (χ1n) is 13.7. The predicted molar refractivity (Wildman–Crippen MR) is 163 cm³/mol. The Morgan fingerprint density at radius 1 is 1.02 bits per heavy atom. The fourth-order valence-electron chi connectivity index (χ4n) is 4.31. The quantitative estimate of drug-likeness (QED) is 0.319. The maximum Gasteiger partial charge on any atom is 0.425 e. The van der Waals surface area contributed by atoms with E-state index in [2.05, 4.69) is 14.8 Å². The summed E-state index contributed by atoms with van der Waals surface area (Å²) >= 11 is 0. The van der Waals surface area contributed by atoms with Gasteiger partial charge in [-0.25, -0.2) is 36.0 Å². The Labute approximate surface area is 260 Å². The summed E-state index contributed by atoms with van der Waals surface area (Å²) in [6.07, 6.45) is -0.607. The Balaban J connectivity index is 2.28. The zero-order chi connectivity index (χ0) is 34.3. The minimum Gasteiger partial charge on any atom is -0.443 e. The molecular formula is C31H35F3N4O6S. The first kappa shape index (κ1) is 35.2. The highest BCUT2D eigenvalue weighted by atomic mass is 32.2. The third kappa shape index (κ3) is 7.70. The Morgan fingerprint density at radius 2 is 1.58 bits per heavy atom. The third-order valence-corrected chi connectivity index (χ3v) is 9.23. The van der Waals surface area contributed by atoms with Gasteiger partial charge in [-0.05, 0) is 92.2 Å². The van der Waals surface area contributed by atoms with E-state index in [4.69, 9.17) is 16.0 Å². The van der Waals surface area contributed by atoms with Crippen LogP contribution in [0.2, 0.25) is 0 Å². The van der Waals surface area contributed by atoms with E-state index >= 15 is 13.2 Å². The van der Waals surface area contributed by atoms with Gasteiger partial charge in [0.2, 0.25) is 5.69 Å². The molecule has 0 aliphatic carbocycles. The molecule has 0 saturated heterocycles. The molecule has 0 bridgehead atoms. The Bertz CT molecular complexity index is 1710. The van der Waals surface area contributed by atoms with Gasteiger partial charge in [0.1, 0.15) is 33.2 Å². The second kappa shape index (κ2) is 11.9. The number of rotatable bonds is 3. The zero-order valence-corrected chi connectivity index (χ0v) is 27.3. The van der Waals surface area contributed by atoms with Crippen molar-refractivity contribution >= 4 is 45.4 Å². The first-order valence-corrected chi connectivity index (χ1v) is 15.4. The van der Waals surface area contributed by atoms with Crippen molar-refractivity contribution in [2.24, 2.45) is 4.99 Å². The van der Waals surface area contributed by atoms with Crippen molar-refractivity contribution in [3.63, 3.8) is 0 Å². The van der Waals surface area contributed by atoms with Crippen LogP contribution < -0.4 is 0 Å². The van der Waals surface area contributed by atoms with E-state index in [1.165, 1.54) is 74.4 Å². The molecule has 14 heteroatoms. The van der Waals surface area contributed by atoms with Crippen molar-refractivity contribution in [2.45, 2.75) is 83.8 Å². The van der Waals surface area contributed by atoms with Crippen molar-refractivity contribution in [3.05, 3.63) is 70.3 Å². The highest BCUT2D eigenvalue weighted by Gasteiger charge is 2.55. The molecule has 0 spiro atoms. The van der Waals surface area contributed by atoms with Gasteiger partial charge in [-0.2, -0.15) is 4.90 Å². The summed E-state index contributed by atoms with van der Waals surface area (Å²) in [4.78, 5) is 38.6. The number of aliphatic imine (C=N–C) groups is 1. The Hall–Kier alpha value is -4.25. The van der Waals surface area contributed by atoms with Crippen LogP contribution in [0.4, 0.5) is 28.4 Å². The van der Waals surface area contributed by atoms with Crippen molar-refractivity contribution < 1.29 is 40.7 Å². The highest BCUT2D eigenvalue weighted by molar-refractivity contribution is 7.93. The van der Waals surface area contributed by atoms with Gasteiger partial charge in [-0.15, -0.1) is 0 Å². The minimum atomic E-state index is -4.38. The Morgan fingerprint density at radius 3 is 2.04 bits per heavy atom. The molecule has 0 fully saturated rings. The number of hydrogen-bond acceptors (Lipinski definition) is 8. The number of pyridine rings is 1. The number of sulfone groups is 1. The van der Waals surface area contributed by atoms with Crippen LogP contribution in [0.15, 0.2) is 35.5 Å². The number of amidine groups is 1. The lowest BCUT2D eigenvalue weighted by Gasteiger charge is -2.42. The molecular weight excluding hydrogens is 613 g/mol. The molecule has 0 radical (unpaired) electrons. The van der Waals surface area contributed by atoms with Gasteiger partial charge in [0.25, 0.3) is 0 Å². The van der Waals surface area contributed by atoms with Crippen LogP contribution >= 0.6 is 0 Å². The molecule has 1 aromatic carbocycles. The maximum absolute atomic E-state index is 15.5. The van der Waals surface area contributed by atoms with Gasteiger partial charge in [-0.1, -0.05) is 6.07 Å². The summed E-state index contributed by atoms with van der Waals surface area (Å²) in [5.74, 6) is -5.35. The molecule has 1 atom stereocenters. The highest BCUT2D eigenvalue weighted by Crippen LogP contribution is 2.41. The second-order valence-electron chi connectivity index (χ2n) is 13.1. The molecule has 1 aliphatic heterocycles. The lowest BCUT2D eigenvalue weighted by molar-refractivity contribution is 0.0139. The summed E-state index contributed by atoms with van der Waals surface area (Å²) in [5.41, 5.74) is -5.19. The van der Waals surface area contributed by atoms with E-state index < -0.39 is 78.1 Å². The molecule has 10 nitrogen and oxygen atoms in total. The molecule has 0 saturated carbocycles. The summed E-state index contributed by atoms with van der Waals surface area (Å²) in [5, 5.41) is 0. The van der Waals surface area contributed by atoms with Gasteiger partial charge in [0.05, 0.1) is 18.0 Å². The molecule has 45 heavy (non-hydrogen) atoms. The van der Waals surface area contributed by atoms with Gasteiger partial charge in [-0.3, -0.25) is 9.98 Å². The molecule has 2 heterocycles. The molecule has 2 aromatic rings. The smallest absolute Gasteiger partial charge is 0.425 e. The second-order valence-corrected chi connectivity index (χ2v) is 15.7. The number of amides is 2. The van der Waals surface area contributed by atoms with E-state index in [0.717, 1.165) is 18.3 Å². The molecule has 242 valence electrons. The van der Waals surface area contributed by atoms with Crippen LogP contribution in [-0.2, 0) is 24.8 Å². The molecule has 2 amide bonds. The number of nitrogens with zero attached hydrogens (tertiary/aromatic N) is 4. The van der Waals surface area contributed by atoms with Crippen LogP contribution in [0.3, 0.4) is 0 Å². The van der Waals surface area contributed by atoms with Crippen molar-refractivity contribution in [1.29, 1.82) is 0 Å². The predicted octanol–water partition coefficient (Wildman–Crippen LogP) is 7.37. The molecule has 0 unspecified atom stereocenters. The zero-order valence-electron chi connectivity index (χ0n) is 26.5. The number of ether oxygens (including phenoxy) is 2. The van der Waals surface area contributed by atoms with E-state index in [1.54, 1.807) is 0 Å². The number of benzene rings is 1. The number of imide groups is 1. The van der Waals surface area contributed by atoms with E-state index in [9.17, 15) is 18.0 Å². The molecule has 0 N–H and O–H groups in total. The number of carbonyl (C=O) groups is 2. The lowest BCUT2D eigenvalue weighted by Crippen LogP contribution is -2.61.